The lowest BCUT2D eigenvalue weighted by Gasteiger charge is -2.27. The van der Waals surface area contributed by atoms with Gasteiger partial charge in [-0.15, -0.1) is 0 Å². The van der Waals surface area contributed by atoms with Gasteiger partial charge < -0.3 is 68.0 Å². The fraction of sp³-hybridized carbons (Fsp3) is 0.593. The number of aliphatic hydroxyl groups excluding tert-OH is 1. The van der Waals surface area contributed by atoms with Gasteiger partial charge in [-0.3, -0.25) is 47.9 Å². The molecule has 23 heteroatoms. The van der Waals surface area contributed by atoms with Crippen molar-refractivity contribution in [3.05, 3.63) is 0 Å². The number of aldehydes is 1. The van der Waals surface area contributed by atoms with Gasteiger partial charge in [0.2, 0.25) is 35.4 Å². The van der Waals surface area contributed by atoms with Gasteiger partial charge in [0.1, 0.15) is 30.5 Å². The van der Waals surface area contributed by atoms with Crippen LogP contribution in [0.1, 0.15) is 51.9 Å². The van der Waals surface area contributed by atoms with Crippen molar-refractivity contribution in [2.45, 2.75) is 88.2 Å². The fourth-order valence-electron chi connectivity index (χ4n) is 3.90. The van der Waals surface area contributed by atoms with E-state index in [0.29, 0.717) is 0 Å². The van der Waals surface area contributed by atoms with Gasteiger partial charge in [-0.25, -0.2) is 0 Å². The van der Waals surface area contributed by atoms with Crippen molar-refractivity contribution >= 4 is 65.6 Å². The van der Waals surface area contributed by atoms with E-state index in [1.54, 1.807) is 0 Å². The van der Waals surface area contributed by atoms with Gasteiger partial charge in [-0.05, 0) is 26.2 Å². The number of aliphatic carboxylic acids is 4. The molecule has 280 valence electrons. The van der Waals surface area contributed by atoms with Gasteiger partial charge in [0, 0.05) is 19.3 Å². The SMILES string of the molecule is C[C@@H](O)[C@H](NC(=O)[C@H](CCC(=O)O)NC(=O)[C@H](CCC(=O)O)NC(=O)[C@H](CC(=O)O)NC(=O)CN)C(=O)NCC(=O)N[C@H](C=O)CCC(=O)O. The number of nitrogens with two attached hydrogens (primary N) is 1. The maximum Gasteiger partial charge on any atom is 0.305 e. The van der Waals surface area contributed by atoms with Gasteiger partial charge in [0.05, 0.1) is 31.7 Å². The molecule has 13 N–H and O–H groups in total. The lowest BCUT2D eigenvalue weighted by atomic mass is 10.1. The number of nitrogens with one attached hydrogen (secondary N) is 6. The summed E-state index contributed by atoms with van der Waals surface area (Å²) < 4.78 is 0. The zero-order chi connectivity index (χ0) is 38.6. The summed E-state index contributed by atoms with van der Waals surface area (Å²) in [5.74, 6) is -12.4. The van der Waals surface area contributed by atoms with E-state index in [1.807, 2.05) is 5.32 Å². The van der Waals surface area contributed by atoms with Crippen LogP contribution in [0.4, 0.5) is 0 Å². The third-order valence-electron chi connectivity index (χ3n) is 6.44. The van der Waals surface area contributed by atoms with Crippen molar-refractivity contribution in [2.75, 3.05) is 13.1 Å². The quantitative estimate of drug-likeness (QED) is 0.0391. The summed E-state index contributed by atoms with van der Waals surface area (Å²) in [6, 6.07) is -8.37. The second kappa shape index (κ2) is 22.8. The van der Waals surface area contributed by atoms with Crippen molar-refractivity contribution in [1.29, 1.82) is 0 Å². The number of carboxylic acids is 4. The predicted molar refractivity (Wildman–Crippen MR) is 162 cm³/mol. The summed E-state index contributed by atoms with van der Waals surface area (Å²) >= 11 is 0. The number of hydrogen-bond acceptors (Lipinski definition) is 13. The number of carbonyl (C=O) groups is 11. The maximum atomic E-state index is 13.2. The zero-order valence-corrected chi connectivity index (χ0v) is 26.7. The Morgan fingerprint density at radius 1 is 0.600 bits per heavy atom. The Labute approximate surface area is 283 Å². The largest absolute Gasteiger partial charge is 0.481 e. The molecule has 0 fully saturated rings. The number of aliphatic hydroxyl groups is 1. The summed E-state index contributed by atoms with van der Waals surface area (Å²) in [5.41, 5.74) is 5.17. The van der Waals surface area contributed by atoms with Crippen molar-refractivity contribution in [2.24, 2.45) is 5.73 Å². The van der Waals surface area contributed by atoms with Gasteiger partial charge in [-0.1, -0.05) is 0 Å². The highest BCUT2D eigenvalue weighted by atomic mass is 16.4. The second-order valence-corrected chi connectivity index (χ2v) is 10.6. The van der Waals surface area contributed by atoms with E-state index in [9.17, 15) is 57.8 Å². The van der Waals surface area contributed by atoms with Crippen LogP contribution in [-0.2, 0) is 52.7 Å². The zero-order valence-electron chi connectivity index (χ0n) is 26.7. The summed E-state index contributed by atoms with van der Waals surface area (Å²) in [5, 5.41) is 58.8. The molecule has 50 heavy (non-hydrogen) atoms. The molecule has 0 bridgehead atoms. The molecule has 0 unspecified atom stereocenters. The van der Waals surface area contributed by atoms with E-state index in [1.165, 1.54) is 0 Å². The molecule has 0 aliphatic carbocycles. The number of rotatable bonds is 25. The molecule has 0 aliphatic rings. The standard InChI is InChI=1S/C27H41N7O16/c1-12(36)23(27(50)29-10-18(38)30-13(11-35)2-5-19(39)40)34-25(48)15(4-7-21(43)44)32-24(47)14(3-6-20(41)42)33-26(49)16(8-22(45)46)31-17(37)9-28/h11-16,23,36H,2-10,28H2,1H3,(H,29,50)(H,30,38)(H,31,37)(H,32,47)(H,33,49)(H,34,48)(H,39,40)(H,41,42)(H,43,44)(H,45,46)/t12-,13+,14+,15+,16+,23+/m1/s1. The van der Waals surface area contributed by atoms with E-state index in [0.717, 1.165) is 6.92 Å². The third-order valence-corrected chi connectivity index (χ3v) is 6.44. The third kappa shape index (κ3) is 18.6. The molecule has 0 saturated heterocycles. The predicted octanol–water partition coefficient (Wildman–Crippen LogP) is -5.87. The Morgan fingerprint density at radius 2 is 1.06 bits per heavy atom. The fourth-order valence-corrected chi connectivity index (χ4v) is 3.90. The average molecular weight is 720 g/mol. The molecule has 6 amide bonds. The topological polar surface area (TPSA) is 387 Å². The minimum atomic E-state index is -1.82. The van der Waals surface area contributed by atoms with Crippen molar-refractivity contribution in [1.82, 2.24) is 31.9 Å². The Morgan fingerprint density at radius 3 is 1.48 bits per heavy atom. The first-order chi connectivity index (χ1) is 23.3. The number of carboxylic acid groups (broad SMARTS) is 4. The normalized spacial score (nSPS) is 14.1. The monoisotopic (exact) mass is 719 g/mol. The van der Waals surface area contributed by atoms with Crippen LogP contribution in [-0.4, -0.2) is 141 Å². The number of hydrogen-bond donors (Lipinski definition) is 12. The molecule has 0 spiro atoms. The highest BCUT2D eigenvalue weighted by Crippen LogP contribution is 2.06. The van der Waals surface area contributed by atoms with Gasteiger partial charge in [-0.2, -0.15) is 0 Å². The smallest absolute Gasteiger partial charge is 0.305 e. The van der Waals surface area contributed by atoms with Crippen molar-refractivity contribution < 1.29 is 78.3 Å². The van der Waals surface area contributed by atoms with Crippen LogP contribution in [0.15, 0.2) is 0 Å². The summed E-state index contributed by atoms with van der Waals surface area (Å²) in [7, 11) is 0. The lowest BCUT2D eigenvalue weighted by molar-refractivity contribution is -0.141. The van der Waals surface area contributed by atoms with Crippen LogP contribution >= 0.6 is 0 Å². The molecule has 0 heterocycles. The van der Waals surface area contributed by atoms with Crippen LogP contribution in [0.2, 0.25) is 0 Å². The van der Waals surface area contributed by atoms with Gasteiger partial charge >= 0.3 is 23.9 Å². The lowest BCUT2D eigenvalue weighted by Crippen LogP contribution is -2.60. The molecule has 0 aromatic carbocycles. The first-order valence-electron chi connectivity index (χ1n) is 14.8. The number of amides is 6. The minimum Gasteiger partial charge on any atom is -0.481 e. The molecule has 0 radical (unpaired) electrons. The molecule has 6 atom stereocenters. The summed E-state index contributed by atoms with van der Waals surface area (Å²) in [6.45, 7) is -0.382. The molecule has 0 aliphatic heterocycles. The summed E-state index contributed by atoms with van der Waals surface area (Å²) in [4.78, 5) is 131. The molecular formula is C27H41N7O16. The van der Waals surface area contributed by atoms with Gasteiger partial charge in [0.15, 0.2) is 0 Å². The van der Waals surface area contributed by atoms with E-state index < -0.39 is 147 Å². The first kappa shape index (κ1) is 44.3. The van der Waals surface area contributed by atoms with Crippen LogP contribution < -0.4 is 37.6 Å². The van der Waals surface area contributed by atoms with Crippen LogP contribution in [0.25, 0.3) is 0 Å². The number of carbonyl (C=O) groups excluding carboxylic acids is 7. The maximum absolute atomic E-state index is 13.2. The molecule has 0 aromatic rings. The van der Waals surface area contributed by atoms with E-state index in [-0.39, 0.29) is 12.7 Å². The highest BCUT2D eigenvalue weighted by Gasteiger charge is 2.33. The highest BCUT2D eigenvalue weighted by molar-refractivity contribution is 5.97. The Balaban J connectivity index is 5.94. The van der Waals surface area contributed by atoms with Crippen LogP contribution in [0, 0.1) is 0 Å². The second-order valence-electron chi connectivity index (χ2n) is 10.6. The Hall–Kier alpha value is -5.71. The van der Waals surface area contributed by atoms with Crippen LogP contribution in [0.5, 0.6) is 0 Å². The van der Waals surface area contributed by atoms with Gasteiger partial charge in [0.25, 0.3) is 0 Å². The first-order valence-corrected chi connectivity index (χ1v) is 14.8. The van der Waals surface area contributed by atoms with E-state index in [2.05, 4.69) is 26.6 Å². The summed E-state index contributed by atoms with van der Waals surface area (Å²) in [6.07, 6.45) is -5.81. The van der Waals surface area contributed by atoms with Crippen molar-refractivity contribution in [3.63, 3.8) is 0 Å². The molecular weight excluding hydrogens is 678 g/mol. The van der Waals surface area contributed by atoms with E-state index >= 15 is 0 Å². The molecule has 23 nitrogen and oxygen atoms in total. The van der Waals surface area contributed by atoms with Crippen molar-refractivity contribution in [3.8, 4) is 0 Å². The molecule has 0 rings (SSSR count). The minimum absolute atomic E-state index is 0.247. The Kier molecular flexibility index (Phi) is 20.2. The average Bonchev–Trinajstić information content (AvgIpc) is 3.02. The Bertz CT molecular complexity index is 1290. The molecule has 0 aromatic heterocycles. The van der Waals surface area contributed by atoms with Crippen LogP contribution in [0.3, 0.4) is 0 Å². The van der Waals surface area contributed by atoms with E-state index in [4.69, 9.17) is 26.2 Å². The molecule has 0 saturated carbocycles.